The summed E-state index contributed by atoms with van der Waals surface area (Å²) in [7, 11) is 0. The zero-order chi connectivity index (χ0) is 38.1. The quantitative estimate of drug-likeness (QED) is 0.176. The van der Waals surface area contributed by atoms with Gasteiger partial charge in [0, 0.05) is 33.1 Å². The van der Waals surface area contributed by atoms with Crippen LogP contribution in [0.4, 0.5) is 0 Å². The van der Waals surface area contributed by atoms with Crippen molar-refractivity contribution < 1.29 is 0 Å². The van der Waals surface area contributed by atoms with Crippen LogP contribution in [0.3, 0.4) is 0 Å². The van der Waals surface area contributed by atoms with Crippen LogP contribution in [-0.2, 0) is 10.8 Å². The van der Waals surface area contributed by atoms with Crippen molar-refractivity contribution in [2.45, 2.75) is 56.8 Å². The first kappa shape index (κ1) is 33.9. The Balaban J connectivity index is 1.11. The van der Waals surface area contributed by atoms with Crippen LogP contribution in [-0.4, -0.2) is 9.97 Å². The predicted octanol–water partition coefficient (Wildman–Crippen LogP) is 14.3. The van der Waals surface area contributed by atoms with E-state index >= 15 is 0 Å². The van der Waals surface area contributed by atoms with Gasteiger partial charge in [-0.05, 0) is 86.7 Å². The van der Waals surface area contributed by atoms with Gasteiger partial charge in [0.1, 0.15) is 0 Å². The Hall–Kier alpha value is -6.38. The summed E-state index contributed by atoms with van der Waals surface area (Å²) in [5, 5.41) is 0. The molecule has 0 saturated heterocycles. The van der Waals surface area contributed by atoms with Gasteiger partial charge < -0.3 is 0 Å². The Morgan fingerprint density at radius 1 is 0.351 bits per heavy atom. The van der Waals surface area contributed by atoms with Gasteiger partial charge in [0.2, 0.25) is 0 Å². The van der Waals surface area contributed by atoms with Crippen LogP contribution in [0.25, 0.3) is 78.4 Å². The van der Waals surface area contributed by atoms with Crippen molar-refractivity contribution in [2.24, 2.45) is 0 Å². The molecule has 0 bridgehead atoms. The molecule has 274 valence electrons. The molecule has 0 unspecified atom stereocenters. The van der Waals surface area contributed by atoms with Crippen LogP contribution in [0.1, 0.15) is 68.2 Å². The second-order valence-corrected chi connectivity index (χ2v) is 16.8. The highest BCUT2D eigenvalue weighted by Gasteiger charge is 2.46. The first-order valence-electron chi connectivity index (χ1n) is 20.6. The number of nitrogens with zero attached hydrogens (tertiary/aromatic N) is 2. The minimum atomic E-state index is -0.131. The zero-order valence-corrected chi connectivity index (χ0v) is 32.6. The van der Waals surface area contributed by atoms with Crippen molar-refractivity contribution in [3.05, 3.63) is 192 Å². The molecule has 0 aliphatic heterocycles. The molecule has 2 heteroatoms. The van der Waals surface area contributed by atoms with Crippen LogP contribution in [0, 0.1) is 0 Å². The molecule has 1 fully saturated rings. The van der Waals surface area contributed by atoms with E-state index < -0.39 is 0 Å². The summed E-state index contributed by atoms with van der Waals surface area (Å²) in [5.41, 5.74) is 21.8. The summed E-state index contributed by atoms with van der Waals surface area (Å²) < 4.78 is 0. The highest BCUT2D eigenvalue weighted by molar-refractivity contribution is 5.97. The molecule has 0 atom stereocenters. The Morgan fingerprint density at radius 3 is 1.46 bits per heavy atom. The molecule has 1 saturated carbocycles. The summed E-state index contributed by atoms with van der Waals surface area (Å²) in [6, 6.07) is 62.0. The minimum absolute atomic E-state index is 0.107. The molecule has 0 radical (unpaired) electrons. The third kappa shape index (κ3) is 5.23. The Morgan fingerprint density at radius 2 is 0.825 bits per heavy atom. The molecule has 0 N–H and O–H groups in total. The molecule has 3 aliphatic carbocycles. The molecule has 0 amide bonds. The second-order valence-electron chi connectivity index (χ2n) is 16.8. The summed E-state index contributed by atoms with van der Waals surface area (Å²) >= 11 is 0. The van der Waals surface area contributed by atoms with Crippen LogP contribution in [0.2, 0.25) is 0 Å². The minimum Gasteiger partial charge on any atom is -0.243 e. The molecule has 11 rings (SSSR count). The average molecular weight is 733 g/mol. The van der Waals surface area contributed by atoms with Crippen LogP contribution < -0.4 is 0 Å². The lowest BCUT2D eigenvalue weighted by Gasteiger charge is -2.36. The molecular formula is C55H44N2. The van der Waals surface area contributed by atoms with E-state index in [2.05, 4.69) is 184 Å². The van der Waals surface area contributed by atoms with Crippen molar-refractivity contribution in [2.75, 3.05) is 0 Å². The largest absolute Gasteiger partial charge is 0.243 e. The molecule has 57 heavy (non-hydrogen) atoms. The molecule has 2 nitrogen and oxygen atoms in total. The summed E-state index contributed by atoms with van der Waals surface area (Å²) in [6.07, 6.45) is 6.37. The number of hydrogen-bond acceptors (Lipinski definition) is 2. The molecular weight excluding hydrogens is 689 g/mol. The van der Waals surface area contributed by atoms with E-state index in [1.54, 1.807) is 11.1 Å². The van der Waals surface area contributed by atoms with E-state index in [1.807, 2.05) is 0 Å². The van der Waals surface area contributed by atoms with Gasteiger partial charge in [-0.2, -0.15) is 0 Å². The smallest absolute Gasteiger partial charge is 0.0973 e. The molecule has 7 aromatic carbocycles. The van der Waals surface area contributed by atoms with Crippen molar-refractivity contribution in [1.82, 2.24) is 9.97 Å². The molecule has 1 spiro atoms. The van der Waals surface area contributed by atoms with E-state index in [1.165, 1.54) is 76.6 Å². The maximum absolute atomic E-state index is 5.58. The number of fused-ring (bicyclic) bond motifs is 8. The van der Waals surface area contributed by atoms with Gasteiger partial charge in [-0.15, -0.1) is 0 Å². The lowest BCUT2D eigenvalue weighted by atomic mass is 9.67. The normalized spacial score (nSPS) is 15.5. The monoisotopic (exact) mass is 732 g/mol. The maximum atomic E-state index is 5.58. The SMILES string of the molecule is CC1(C)c2cc3c(cc2-c2c(-c4cccc(-c5nc(-c6ccccc6)c(-c6ccccc6)nc5-c5ccccc5)c4)cccc21)C1(CCCCC1)c1ccccc1-3. The van der Waals surface area contributed by atoms with E-state index in [9.17, 15) is 0 Å². The standard InChI is InChI=1S/C55H44N2/c1-54(2)46-30-18-28-41(49(46)44-35-48-43(34-47(44)54)42-27-13-14-29-45(42)55(48)31-15-6-16-32-55)39-25-17-26-40(33-39)53-52(38-23-11-5-12-24-38)56-50(36-19-7-3-8-20-36)51(57-53)37-21-9-4-10-22-37/h3-5,7-14,17-30,33-35H,6,15-16,31-32H2,1-2H3. The Kier molecular flexibility index (Phi) is 7.80. The van der Waals surface area contributed by atoms with Crippen molar-refractivity contribution in [3.63, 3.8) is 0 Å². The summed E-state index contributed by atoms with van der Waals surface area (Å²) in [5.74, 6) is 0. The zero-order valence-electron chi connectivity index (χ0n) is 32.6. The first-order valence-corrected chi connectivity index (χ1v) is 20.6. The summed E-state index contributed by atoms with van der Waals surface area (Å²) in [6.45, 7) is 4.84. The van der Waals surface area contributed by atoms with Crippen LogP contribution >= 0.6 is 0 Å². The maximum Gasteiger partial charge on any atom is 0.0973 e. The lowest BCUT2D eigenvalue weighted by Crippen LogP contribution is -2.28. The number of hydrogen-bond donors (Lipinski definition) is 0. The third-order valence-corrected chi connectivity index (χ3v) is 13.3. The van der Waals surface area contributed by atoms with Gasteiger partial charge in [-0.3, -0.25) is 0 Å². The van der Waals surface area contributed by atoms with Gasteiger partial charge in [-0.1, -0.05) is 185 Å². The molecule has 1 heterocycles. The second kappa shape index (κ2) is 13.1. The van der Waals surface area contributed by atoms with Crippen LogP contribution in [0.15, 0.2) is 170 Å². The Labute approximate surface area is 336 Å². The molecule has 3 aliphatic rings. The van der Waals surface area contributed by atoms with Gasteiger partial charge in [0.15, 0.2) is 0 Å². The van der Waals surface area contributed by atoms with Crippen molar-refractivity contribution in [1.29, 1.82) is 0 Å². The fourth-order valence-corrected chi connectivity index (χ4v) is 10.5. The van der Waals surface area contributed by atoms with Gasteiger partial charge >= 0.3 is 0 Å². The lowest BCUT2D eigenvalue weighted by molar-refractivity contribution is 0.353. The van der Waals surface area contributed by atoms with E-state index in [-0.39, 0.29) is 10.8 Å². The highest BCUT2D eigenvalue weighted by atomic mass is 14.9. The van der Waals surface area contributed by atoms with Gasteiger partial charge in [0.25, 0.3) is 0 Å². The van der Waals surface area contributed by atoms with Crippen molar-refractivity contribution >= 4 is 0 Å². The highest BCUT2D eigenvalue weighted by Crippen LogP contribution is 2.60. The number of rotatable bonds is 5. The van der Waals surface area contributed by atoms with E-state index in [4.69, 9.17) is 9.97 Å². The molecule has 8 aromatic rings. The topological polar surface area (TPSA) is 25.8 Å². The third-order valence-electron chi connectivity index (χ3n) is 13.3. The fourth-order valence-electron chi connectivity index (χ4n) is 10.5. The van der Waals surface area contributed by atoms with Gasteiger partial charge in [-0.25, -0.2) is 9.97 Å². The summed E-state index contributed by atoms with van der Waals surface area (Å²) in [4.78, 5) is 11.1. The molecule has 1 aromatic heterocycles. The van der Waals surface area contributed by atoms with Crippen molar-refractivity contribution in [3.8, 4) is 78.4 Å². The first-order chi connectivity index (χ1) is 28.0. The van der Waals surface area contributed by atoms with Crippen LogP contribution in [0.5, 0.6) is 0 Å². The van der Waals surface area contributed by atoms with E-state index in [0.29, 0.717) is 0 Å². The number of benzene rings is 7. The van der Waals surface area contributed by atoms with Gasteiger partial charge in [0.05, 0.1) is 22.8 Å². The average Bonchev–Trinajstić information content (AvgIpc) is 3.67. The predicted molar refractivity (Wildman–Crippen MR) is 236 cm³/mol. The van der Waals surface area contributed by atoms with E-state index in [0.717, 1.165) is 45.0 Å². The number of aromatic nitrogens is 2. The Bertz CT molecular complexity index is 2830. The fraction of sp³-hybridized carbons (Fsp3) is 0.164.